The summed E-state index contributed by atoms with van der Waals surface area (Å²) in [6.07, 6.45) is 10.1. The Labute approximate surface area is 110 Å². The van der Waals surface area contributed by atoms with E-state index >= 15 is 0 Å². The smallest absolute Gasteiger partial charge is 0.136 e. The van der Waals surface area contributed by atoms with E-state index < -0.39 is 0 Å². The Morgan fingerprint density at radius 3 is 2.12 bits per heavy atom. The molecule has 0 spiro atoms. The van der Waals surface area contributed by atoms with Crippen LogP contribution in [0, 0.1) is 17.8 Å². The van der Waals surface area contributed by atoms with Gasteiger partial charge in [0.2, 0.25) is 0 Å². The van der Waals surface area contributed by atoms with Gasteiger partial charge in [-0.25, -0.2) is 4.68 Å². The summed E-state index contributed by atoms with van der Waals surface area (Å²) in [5.41, 5.74) is 6.43. The zero-order valence-electron chi connectivity index (χ0n) is 9.90. The molecule has 4 heteroatoms. The maximum atomic E-state index is 6.18. The number of nitrogen functional groups attached to an aromatic ring is 1. The topological polar surface area (TPSA) is 43.8 Å². The number of anilines is 1. The van der Waals surface area contributed by atoms with Gasteiger partial charge in [0, 0.05) is 0 Å². The molecule has 4 bridgehead atoms. The molecule has 0 atom stereocenters. The average Bonchev–Trinajstić information content (AvgIpc) is 2.58. The predicted molar refractivity (Wildman–Crippen MR) is 70.5 cm³/mol. The summed E-state index contributed by atoms with van der Waals surface area (Å²) in [5, 5.41) is 4.55. The lowest BCUT2D eigenvalue weighted by Gasteiger charge is -2.56. The highest BCUT2D eigenvalue weighted by Gasteiger charge is 2.52. The molecule has 4 aliphatic rings. The van der Waals surface area contributed by atoms with Crippen LogP contribution >= 0.6 is 15.9 Å². The van der Waals surface area contributed by atoms with Crippen LogP contribution in [0.25, 0.3) is 0 Å². The normalized spacial score (nSPS) is 43.2. The third-order valence-electron chi connectivity index (χ3n) is 5.21. The van der Waals surface area contributed by atoms with E-state index in [1.54, 1.807) is 0 Å². The Morgan fingerprint density at radius 2 is 1.71 bits per heavy atom. The van der Waals surface area contributed by atoms with Crippen molar-refractivity contribution in [1.29, 1.82) is 0 Å². The summed E-state index contributed by atoms with van der Waals surface area (Å²) in [4.78, 5) is 0. The lowest BCUT2D eigenvalue weighted by Crippen LogP contribution is -2.52. The van der Waals surface area contributed by atoms with Crippen molar-refractivity contribution in [3.63, 3.8) is 0 Å². The van der Waals surface area contributed by atoms with Crippen molar-refractivity contribution in [3.05, 3.63) is 10.7 Å². The first-order valence-electron chi connectivity index (χ1n) is 6.66. The second-order valence-corrected chi connectivity index (χ2v) is 7.29. The second-order valence-electron chi connectivity index (χ2n) is 6.43. The van der Waals surface area contributed by atoms with Crippen molar-refractivity contribution >= 4 is 21.7 Å². The summed E-state index contributed by atoms with van der Waals surface area (Å²) in [7, 11) is 0. The minimum Gasteiger partial charge on any atom is -0.383 e. The van der Waals surface area contributed by atoms with E-state index in [2.05, 4.69) is 25.7 Å². The molecule has 0 radical (unpaired) electrons. The average molecular weight is 296 g/mol. The van der Waals surface area contributed by atoms with Crippen LogP contribution in [-0.2, 0) is 5.54 Å². The van der Waals surface area contributed by atoms with Gasteiger partial charge in [-0.15, -0.1) is 0 Å². The number of halogens is 1. The number of hydrogen-bond acceptors (Lipinski definition) is 2. The second kappa shape index (κ2) is 3.28. The SMILES string of the molecule is Nc1c(Br)cnn1C12CC3CC(CC(C3)C1)C2. The summed E-state index contributed by atoms with van der Waals surface area (Å²) in [5.74, 6) is 3.63. The molecule has 92 valence electrons. The van der Waals surface area contributed by atoms with Crippen LogP contribution in [0.15, 0.2) is 10.7 Å². The number of aromatic nitrogens is 2. The van der Waals surface area contributed by atoms with E-state index in [-0.39, 0.29) is 5.54 Å². The molecule has 2 N–H and O–H groups in total. The fraction of sp³-hybridized carbons (Fsp3) is 0.769. The van der Waals surface area contributed by atoms with Gasteiger partial charge in [0.1, 0.15) is 5.82 Å². The number of rotatable bonds is 1. The maximum absolute atomic E-state index is 6.18. The molecule has 0 saturated heterocycles. The molecule has 4 saturated carbocycles. The minimum absolute atomic E-state index is 0.255. The van der Waals surface area contributed by atoms with Crippen LogP contribution in [0.5, 0.6) is 0 Å². The largest absolute Gasteiger partial charge is 0.383 e. The molecule has 0 aromatic carbocycles. The molecule has 0 amide bonds. The van der Waals surface area contributed by atoms with Gasteiger partial charge >= 0.3 is 0 Å². The Balaban J connectivity index is 1.80. The van der Waals surface area contributed by atoms with E-state index in [0.29, 0.717) is 0 Å². The van der Waals surface area contributed by atoms with Crippen molar-refractivity contribution in [2.75, 3.05) is 5.73 Å². The van der Waals surface area contributed by atoms with Gasteiger partial charge < -0.3 is 5.73 Å². The molecule has 1 aromatic rings. The van der Waals surface area contributed by atoms with Crippen LogP contribution in [0.4, 0.5) is 5.82 Å². The zero-order chi connectivity index (χ0) is 11.6. The Kier molecular flexibility index (Phi) is 2.01. The van der Waals surface area contributed by atoms with Crippen LogP contribution < -0.4 is 5.73 Å². The maximum Gasteiger partial charge on any atom is 0.136 e. The lowest BCUT2D eigenvalue weighted by molar-refractivity contribution is -0.0481. The first kappa shape index (κ1) is 10.4. The highest BCUT2D eigenvalue weighted by Crippen LogP contribution is 2.59. The van der Waals surface area contributed by atoms with E-state index in [1.165, 1.54) is 38.5 Å². The van der Waals surface area contributed by atoms with Crippen LogP contribution in [0.2, 0.25) is 0 Å². The number of nitrogens with two attached hydrogens (primary N) is 1. The molecule has 3 nitrogen and oxygen atoms in total. The molecule has 4 fully saturated rings. The fourth-order valence-corrected chi connectivity index (χ4v) is 5.30. The minimum atomic E-state index is 0.255. The molecule has 5 rings (SSSR count). The Morgan fingerprint density at radius 1 is 1.18 bits per heavy atom. The summed E-state index contributed by atoms with van der Waals surface area (Å²) in [6, 6.07) is 0. The third kappa shape index (κ3) is 1.36. The summed E-state index contributed by atoms with van der Waals surface area (Å²) >= 11 is 3.49. The molecule has 0 aliphatic heterocycles. The molecular formula is C13H18BrN3. The Hall–Kier alpha value is -0.510. The molecule has 1 aromatic heterocycles. The van der Waals surface area contributed by atoms with Gasteiger partial charge in [-0.2, -0.15) is 5.10 Å². The number of hydrogen-bond donors (Lipinski definition) is 1. The van der Waals surface area contributed by atoms with Crippen molar-refractivity contribution in [1.82, 2.24) is 9.78 Å². The first-order chi connectivity index (χ1) is 8.16. The van der Waals surface area contributed by atoms with Gasteiger partial charge in [0.15, 0.2) is 0 Å². The van der Waals surface area contributed by atoms with Gasteiger partial charge in [0.25, 0.3) is 0 Å². The molecule has 17 heavy (non-hydrogen) atoms. The van der Waals surface area contributed by atoms with Gasteiger partial charge in [-0.3, -0.25) is 0 Å². The highest BCUT2D eigenvalue weighted by molar-refractivity contribution is 9.10. The van der Waals surface area contributed by atoms with Crippen molar-refractivity contribution in [2.45, 2.75) is 44.1 Å². The van der Waals surface area contributed by atoms with Crippen molar-refractivity contribution in [3.8, 4) is 0 Å². The summed E-state index contributed by atoms with van der Waals surface area (Å²) < 4.78 is 3.09. The lowest BCUT2D eigenvalue weighted by atomic mass is 9.53. The molecule has 0 unspecified atom stereocenters. The monoisotopic (exact) mass is 295 g/mol. The van der Waals surface area contributed by atoms with Crippen LogP contribution in [0.3, 0.4) is 0 Å². The molecular weight excluding hydrogens is 278 g/mol. The zero-order valence-corrected chi connectivity index (χ0v) is 11.5. The standard InChI is InChI=1S/C13H18BrN3/c14-11-7-16-17(12(11)15)13-4-8-1-9(5-13)3-10(2-8)6-13/h7-10H,1-6,15H2. The quantitative estimate of drug-likeness (QED) is 0.865. The third-order valence-corrected chi connectivity index (χ3v) is 5.83. The predicted octanol–water partition coefficient (Wildman–Crippen LogP) is 3.15. The number of nitrogens with zero attached hydrogens (tertiary/aromatic N) is 2. The first-order valence-corrected chi connectivity index (χ1v) is 7.45. The molecule has 1 heterocycles. The van der Waals surface area contributed by atoms with E-state index in [9.17, 15) is 0 Å². The van der Waals surface area contributed by atoms with Crippen LogP contribution in [0.1, 0.15) is 38.5 Å². The van der Waals surface area contributed by atoms with Gasteiger partial charge in [-0.1, -0.05) is 0 Å². The van der Waals surface area contributed by atoms with E-state index in [1.807, 2.05) is 6.20 Å². The Bertz CT molecular complexity index is 430. The van der Waals surface area contributed by atoms with E-state index in [4.69, 9.17) is 5.73 Å². The van der Waals surface area contributed by atoms with Gasteiger partial charge in [-0.05, 0) is 72.2 Å². The summed E-state index contributed by atoms with van der Waals surface area (Å²) in [6.45, 7) is 0. The van der Waals surface area contributed by atoms with Crippen LogP contribution in [-0.4, -0.2) is 9.78 Å². The van der Waals surface area contributed by atoms with Crippen molar-refractivity contribution in [2.24, 2.45) is 17.8 Å². The highest BCUT2D eigenvalue weighted by atomic mass is 79.9. The van der Waals surface area contributed by atoms with Gasteiger partial charge in [0.05, 0.1) is 16.2 Å². The molecule has 4 aliphatic carbocycles. The van der Waals surface area contributed by atoms with Crippen molar-refractivity contribution < 1.29 is 0 Å². The van der Waals surface area contributed by atoms with E-state index in [0.717, 1.165) is 28.0 Å². The fourth-order valence-electron chi connectivity index (χ4n) is 5.04.